The highest BCUT2D eigenvalue weighted by atomic mass is 16.5. The lowest BCUT2D eigenvalue weighted by Crippen LogP contribution is -2.37. The maximum Gasteiger partial charge on any atom is 0.306 e. The molecular formula is C16H21NO3. The van der Waals surface area contributed by atoms with Gasteiger partial charge in [0.15, 0.2) is 5.78 Å². The molecule has 108 valence electrons. The molecule has 20 heavy (non-hydrogen) atoms. The van der Waals surface area contributed by atoms with Crippen LogP contribution in [0.5, 0.6) is 0 Å². The number of rotatable bonds is 5. The van der Waals surface area contributed by atoms with Gasteiger partial charge in [0.2, 0.25) is 0 Å². The Morgan fingerprint density at radius 3 is 2.45 bits per heavy atom. The van der Waals surface area contributed by atoms with Crippen molar-refractivity contribution in [2.24, 2.45) is 5.92 Å². The Labute approximate surface area is 119 Å². The van der Waals surface area contributed by atoms with Gasteiger partial charge >= 0.3 is 5.97 Å². The molecule has 1 aromatic carbocycles. The van der Waals surface area contributed by atoms with Crippen LogP contribution in [-0.4, -0.2) is 43.4 Å². The highest BCUT2D eigenvalue weighted by Gasteiger charge is 2.25. The van der Waals surface area contributed by atoms with E-state index in [4.69, 9.17) is 0 Å². The number of piperidine rings is 1. The predicted molar refractivity (Wildman–Crippen MR) is 76.6 cm³/mol. The van der Waals surface area contributed by atoms with Gasteiger partial charge in [-0.25, -0.2) is 0 Å². The lowest BCUT2D eigenvalue weighted by atomic mass is 9.89. The number of methoxy groups -OCH3 is 1. The molecule has 1 aromatic rings. The summed E-state index contributed by atoms with van der Waals surface area (Å²) < 4.78 is 4.64. The minimum atomic E-state index is -0.174. The van der Waals surface area contributed by atoms with Crippen molar-refractivity contribution in [3.63, 3.8) is 0 Å². The van der Waals surface area contributed by atoms with Crippen molar-refractivity contribution in [2.75, 3.05) is 26.7 Å². The van der Waals surface area contributed by atoms with E-state index in [1.807, 2.05) is 30.3 Å². The topological polar surface area (TPSA) is 46.6 Å². The molecule has 0 unspecified atom stereocenters. The Hall–Kier alpha value is -1.68. The Bertz CT molecular complexity index is 450. The van der Waals surface area contributed by atoms with Crippen LogP contribution in [-0.2, 0) is 9.53 Å². The normalized spacial score (nSPS) is 16.9. The van der Waals surface area contributed by atoms with Gasteiger partial charge < -0.3 is 9.64 Å². The lowest BCUT2D eigenvalue weighted by molar-refractivity contribution is -0.141. The minimum Gasteiger partial charge on any atom is -0.469 e. The average Bonchev–Trinajstić information content (AvgIpc) is 2.53. The SMILES string of the molecule is COC(=O)CCN1CCC(C(=O)c2ccccc2)CC1. The number of carbonyl (C=O) groups excluding carboxylic acids is 2. The minimum absolute atomic E-state index is 0.117. The summed E-state index contributed by atoms with van der Waals surface area (Å²) in [5, 5.41) is 0. The number of esters is 1. The summed E-state index contributed by atoms with van der Waals surface area (Å²) in [6.45, 7) is 2.47. The quantitative estimate of drug-likeness (QED) is 0.610. The van der Waals surface area contributed by atoms with E-state index in [0.717, 1.165) is 38.0 Å². The molecule has 0 N–H and O–H groups in total. The number of carbonyl (C=O) groups is 2. The van der Waals surface area contributed by atoms with Crippen LogP contribution in [0, 0.1) is 5.92 Å². The van der Waals surface area contributed by atoms with E-state index in [1.54, 1.807) is 0 Å². The Balaban J connectivity index is 1.79. The number of likely N-dealkylation sites (tertiary alicyclic amines) is 1. The molecule has 1 heterocycles. The Morgan fingerprint density at radius 2 is 1.85 bits per heavy atom. The van der Waals surface area contributed by atoms with Gasteiger partial charge in [0.1, 0.15) is 0 Å². The first-order chi connectivity index (χ1) is 9.70. The van der Waals surface area contributed by atoms with Gasteiger partial charge in [-0.15, -0.1) is 0 Å². The molecule has 0 spiro atoms. The van der Waals surface area contributed by atoms with E-state index in [0.29, 0.717) is 6.42 Å². The first kappa shape index (κ1) is 14.7. The Kier molecular flexibility index (Phi) is 5.30. The molecule has 1 saturated heterocycles. The first-order valence-electron chi connectivity index (χ1n) is 7.09. The van der Waals surface area contributed by atoms with Crippen LogP contribution in [0.25, 0.3) is 0 Å². The van der Waals surface area contributed by atoms with Gasteiger partial charge in [-0.05, 0) is 25.9 Å². The fourth-order valence-electron chi connectivity index (χ4n) is 2.61. The molecule has 0 atom stereocenters. The smallest absolute Gasteiger partial charge is 0.306 e. The first-order valence-corrected chi connectivity index (χ1v) is 7.09. The summed E-state index contributed by atoms with van der Waals surface area (Å²) >= 11 is 0. The van der Waals surface area contributed by atoms with E-state index >= 15 is 0 Å². The van der Waals surface area contributed by atoms with Crippen LogP contribution in [0.3, 0.4) is 0 Å². The summed E-state index contributed by atoms with van der Waals surface area (Å²) in [7, 11) is 1.41. The van der Waals surface area contributed by atoms with Gasteiger partial charge in [0, 0.05) is 18.0 Å². The molecule has 1 aliphatic rings. The zero-order valence-electron chi connectivity index (χ0n) is 11.9. The van der Waals surface area contributed by atoms with E-state index < -0.39 is 0 Å². The summed E-state index contributed by atoms with van der Waals surface area (Å²) in [4.78, 5) is 25.7. The van der Waals surface area contributed by atoms with Crippen LogP contribution >= 0.6 is 0 Å². The standard InChI is InChI=1S/C16H21NO3/c1-20-15(18)9-12-17-10-7-14(8-11-17)16(19)13-5-3-2-4-6-13/h2-6,14H,7-12H2,1H3. The summed E-state index contributed by atoms with van der Waals surface area (Å²) in [6, 6.07) is 9.49. The molecule has 2 rings (SSSR count). The zero-order chi connectivity index (χ0) is 14.4. The van der Waals surface area contributed by atoms with Gasteiger partial charge in [-0.3, -0.25) is 9.59 Å². The third-order valence-electron chi connectivity index (χ3n) is 3.88. The molecule has 0 aliphatic carbocycles. The van der Waals surface area contributed by atoms with Crippen molar-refractivity contribution in [1.29, 1.82) is 0 Å². The number of benzene rings is 1. The summed E-state index contributed by atoms with van der Waals surface area (Å²) in [6.07, 6.45) is 2.16. The van der Waals surface area contributed by atoms with Gasteiger partial charge in [-0.1, -0.05) is 30.3 Å². The summed E-state index contributed by atoms with van der Waals surface area (Å²) in [5.74, 6) is 0.192. The molecule has 4 heteroatoms. The number of nitrogens with zero attached hydrogens (tertiary/aromatic N) is 1. The molecule has 0 radical (unpaired) electrons. The predicted octanol–water partition coefficient (Wildman–Crippen LogP) is 2.14. The van der Waals surface area contributed by atoms with Gasteiger partial charge in [0.05, 0.1) is 13.5 Å². The molecule has 1 fully saturated rings. The maximum atomic E-state index is 12.3. The molecule has 0 aromatic heterocycles. The average molecular weight is 275 g/mol. The van der Waals surface area contributed by atoms with E-state index in [9.17, 15) is 9.59 Å². The highest BCUT2D eigenvalue weighted by molar-refractivity contribution is 5.97. The third kappa shape index (κ3) is 3.90. The summed E-state index contributed by atoms with van der Waals surface area (Å²) in [5.41, 5.74) is 0.806. The monoisotopic (exact) mass is 275 g/mol. The second kappa shape index (κ2) is 7.20. The number of ether oxygens (including phenoxy) is 1. The number of Topliss-reactive ketones (excluding diaryl/α,β-unsaturated/α-hetero) is 1. The largest absolute Gasteiger partial charge is 0.469 e. The molecule has 1 aliphatic heterocycles. The van der Waals surface area contributed by atoms with Crippen LogP contribution in [0.2, 0.25) is 0 Å². The maximum absolute atomic E-state index is 12.3. The van der Waals surface area contributed by atoms with Gasteiger partial charge in [-0.2, -0.15) is 0 Å². The van der Waals surface area contributed by atoms with Crippen LogP contribution in [0.15, 0.2) is 30.3 Å². The van der Waals surface area contributed by atoms with Crippen molar-refractivity contribution >= 4 is 11.8 Å². The van der Waals surface area contributed by atoms with Crippen molar-refractivity contribution in [3.05, 3.63) is 35.9 Å². The molecular weight excluding hydrogens is 254 g/mol. The molecule has 0 bridgehead atoms. The molecule has 4 nitrogen and oxygen atoms in total. The zero-order valence-corrected chi connectivity index (χ0v) is 11.9. The molecule has 0 saturated carbocycles. The Morgan fingerprint density at radius 1 is 1.20 bits per heavy atom. The number of ketones is 1. The van der Waals surface area contributed by atoms with Crippen molar-refractivity contribution < 1.29 is 14.3 Å². The van der Waals surface area contributed by atoms with Crippen LogP contribution in [0.1, 0.15) is 29.6 Å². The van der Waals surface area contributed by atoms with Crippen molar-refractivity contribution in [2.45, 2.75) is 19.3 Å². The number of hydrogen-bond acceptors (Lipinski definition) is 4. The van der Waals surface area contributed by atoms with Crippen molar-refractivity contribution in [1.82, 2.24) is 4.90 Å². The fourth-order valence-corrected chi connectivity index (χ4v) is 2.61. The van der Waals surface area contributed by atoms with Gasteiger partial charge in [0.25, 0.3) is 0 Å². The number of hydrogen-bond donors (Lipinski definition) is 0. The van der Waals surface area contributed by atoms with E-state index in [-0.39, 0.29) is 17.7 Å². The molecule has 0 amide bonds. The lowest BCUT2D eigenvalue weighted by Gasteiger charge is -2.30. The van der Waals surface area contributed by atoms with Crippen LogP contribution in [0.4, 0.5) is 0 Å². The second-order valence-electron chi connectivity index (χ2n) is 5.17. The fraction of sp³-hybridized carbons (Fsp3) is 0.500. The van der Waals surface area contributed by atoms with Crippen molar-refractivity contribution in [3.8, 4) is 0 Å². The van der Waals surface area contributed by atoms with E-state index in [1.165, 1.54) is 7.11 Å². The van der Waals surface area contributed by atoms with E-state index in [2.05, 4.69) is 9.64 Å². The third-order valence-corrected chi connectivity index (χ3v) is 3.88. The second-order valence-corrected chi connectivity index (χ2v) is 5.17. The highest BCUT2D eigenvalue weighted by Crippen LogP contribution is 2.21. The van der Waals surface area contributed by atoms with Crippen LogP contribution < -0.4 is 0 Å².